The maximum Gasteiger partial charge on any atom is 0.252 e. The second-order valence-corrected chi connectivity index (χ2v) is 38.9. The van der Waals surface area contributed by atoms with Crippen molar-refractivity contribution in [2.24, 2.45) is 0 Å². The first-order valence-corrected chi connectivity index (χ1v) is 38.8. The minimum Gasteiger partial charge on any atom is -0.356 e. The molecule has 10 aliphatic heterocycles. The molecule has 12 heteroatoms. The van der Waals surface area contributed by atoms with Gasteiger partial charge in [0, 0.05) is 114 Å². The second-order valence-electron chi connectivity index (χ2n) is 38.9. The first-order valence-electron chi connectivity index (χ1n) is 38.8. The van der Waals surface area contributed by atoms with E-state index in [2.05, 4.69) is 313 Å². The van der Waals surface area contributed by atoms with Crippen LogP contribution in [0.4, 0.5) is 79.6 Å². The summed E-state index contributed by atoms with van der Waals surface area (Å²) in [6.45, 7) is 43.2. The number of hydrogen-bond acceptors (Lipinski definition) is 6. The first kappa shape index (κ1) is 62.0. The van der Waals surface area contributed by atoms with Gasteiger partial charge in [-0.2, -0.15) is 0 Å². The highest BCUT2D eigenvalue weighted by atomic mass is 15.2. The molecule has 0 fully saturated rings. The Morgan fingerprint density at radius 1 is 0.298 bits per heavy atom. The molecule has 12 aromatic rings. The molecule has 0 amide bonds. The van der Waals surface area contributed by atoms with E-state index < -0.39 is 0 Å². The summed E-state index contributed by atoms with van der Waals surface area (Å²) in [5.41, 5.74) is 46.2. The lowest BCUT2D eigenvalue weighted by Crippen LogP contribution is -2.68. The van der Waals surface area contributed by atoms with Crippen molar-refractivity contribution in [2.45, 2.75) is 157 Å². The van der Waals surface area contributed by atoms with Crippen molar-refractivity contribution in [3.8, 4) is 0 Å². The van der Waals surface area contributed by atoms with Gasteiger partial charge in [-0.3, -0.25) is 0 Å². The Balaban J connectivity index is 0.992. The zero-order chi connectivity index (χ0) is 71.3. The smallest absolute Gasteiger partial charge is 0.252 e. The van der Waals surface area contributed by atoms with Crippen LogP contribution in [0.5, 0.6) is 0 Å². The van der Waals surface area contributed by atoms with E-state index in [9.17, 15) is 0 Å². The molecular weight excluding hydrogens is 1250 g/mol. The molecule has 6 nitrogen and oxygen atoms in total. The third-order valence-corrected chi connectivity index (χ3v) is 26.7. The van der Waals surface area contributed by atoms with Gasteiger partial charge in [0.15, 0.2) is 14.6 Å². The molecule has 0 unspecified atom stereocenters. The fourth-order valence-corrected chi connectivity index (χ4v) is 21.4. The molecule has 0 aromatic heterocycles. The highest BCUT2D eigenvalue weighted by Gasteiger charge is 2.56. The van der Waals surface area contributed by atoms with Gasteiger partial charge in [0.2, 0.25) is 13.4 Å². The van der Waals surface area contributed by atoms with Crippen molar-refractivity contribution in [1.82, 2.24) is 0 Å². The van der Waals surface area contributed by atoms with E-state index in [-0.39, 0.29) is 59.3 Å². The van der Waals surface area contributed by atoms with Crippen LogP contribution in [0.3, 0.4) is 0 Å². The predicted molar refractivity (Wildman–Crippen MR) is 459 cm³/mol. The van der Waals surface area contributed by atoms with Crippen molar-refractivity contribution >= 4 is 230 Å². The van der Waals surface area contributed by atoms with E-state index in [1.54, 1.807) is 0 Å². The topological polar surface area (TPSA) is 37.0 Å². The third kappa shape index (κ3) is 7.85. The summed E-state index contributed by atoms with van der Waals surface area (Å²) >= 11 is 0. The van der Waals surface area contributed by atoms with Crippen molar-refractivity contribution < 1.29 is 0 Å². The molecular formula is C92H88B6N6. The number of nitrogens with one attached hydrogen (secondary N) is 2. The Bertz CT molecular complexity index is 5710. The van der Waals surface area contributed by atoms with Crippen LogP contribution in [0.2, 0.25) is 0 Å². The Hall–Kier alpha value is -9.39. The fourth-order valence-electron chi connectivity index (χ4n) is 21.4. The van der Waals surface area contributed by atoms with Crippen LogP contribution in [0, 0.1) is 0 Å². The van der Waals surface area contributed by atoms with Gasteiger partial charge in [-0.25, -0.2) is 0 Å². The highest BCUT2D eigenvalue weighted by Crippen LogP contribution is 2.56. The largest absolute Gasteiger partial charge is 0.356 e. The highest BCUT2D eigenvalue weighted by molar-refractivity contribution is 7.05. The Morgan fingerprint density at radius 2 is 0.606 bits per heavy atom. The lowest BCUT2D eigenvalue weighted by Gasteiger charge is -2.52. The second kappa shape index (κ2) is 19.6. The molecule has 0 spiro atoms. The van der Waals surface area contributed by atoms with Gasteiger partial charge in [0.1, 0.15) is 0 Å². The number of nitrogens with zero attached hydrogens (tertiary/aromatic N) is 4. The van der Waals surface area contributed by atoms with Gasteiger partial charge < -0.3 is 30.2 Å². The number of fused-ring (bicyclic) bond motifs is 27. The van der Waals surface area contributed by atoms with Crippen molar-refractivity contribution in [2.75, 3.05) is 43.1 Å². The zero-order valence-electron chi connectivity index (χ0n) is 63.9. The summed E-state index contributed by atoms with van der Waals surface area (Å²) in [6.07, 6.45) is 1.65. The molecule has 0 bridgehead atoms. The van der Waals surface area contributed by atoms with Crippen LogP contribution < -0.4 is 107 Å². The molecule has 0 saturated carbocycles. The van der Waals surface area contributed by atoms with Crippen molar-refractivity contribution in [1.29, 1.82) is 0 Å². The van der Waals surface area contributed by atoms with Gasteiger partial charge in [0.25, 0.3) is 13.4 Å². The van der Waals surface area contributed by atoms with Gasteiger partial charge >= 0.3 is 0 Å². The molecule has 0 atom stereocenters. The van der Waals surface area contributed by atoms with Crippen LogP contribution in [0.1, 0.15) is 158 Å². The minimum atomic E-state index is -0.0777. The monoisotopic (exact) mass is 1340 g/mol. The number of para-hydroxylation sites is 2. The summed E-state index contributed by atoms with van der Waals surface area (Å²) in [6, 6.07) is 64.7. The van der Waals surface area contributed by atoms with Crippen molar-refractivity contribution in [3.05, 3.63) is 191 Å². The quantitative estimate of drug-likeness (QED) is 0.116. The molecule has 104 heavy (non-hydrogen) atoms. The van der Waals surface area contributed by atoms with E-state index in [0.717, 1.165) is 27.4 Å². The van der Waals surface area contributed by atoms with Gasteiger partial charge in [-0.05, 0) is 191 Å². The maximum absolute atomic E-state index is 4.56. The Kier molecular flexibility index (Phi) is 11.7. The molecule has 22 rings (SSSR count). The van der Waals surface area contributed by atoms with Crippen LogP contribution in [-0.4, -0.2) is 54.3 Å². The number of anilines is 14. The molecule has 10 aliphatic rings. The normalized spacial score (nSPS) is 16.1. The Morgan fingerprint density at radius 3 is 0.952 bits per heavy atom. The van der Waals surface area contributed by atoms with Crippen LogP contribution in [0.25, 0.3) is 32.3 Å². The lowest BCUT2D eigenvalue weighted by atomic mass is 9.29. The van der Waals surface area contributed by atoms with Gasteiger partial charge in [-0.15, -0.1) is 0 Å². The maximum atomic E-state index is 4.56. The van der Waals surface area contributed by atoms with E-state index in [4.69, 9.17) is 0 Å². The molecule has 0 radical (unpaired) electrons. The van der Waals surface area contributed by atoms with Crippen LogP contribution in [0.15, 0.2) is 158 Å². The summed E-state index contributed by atoms with van der Waals surface area (Å²) < 4.78 is 0. The minimum absolute atomic E-state index is 0.0326. The molecule has 0 aliphatic carbocycles. The first-order chi connectivity index (χ1) is 49.4. The van der Waals surface area contributed by atoms with E-state index in [1.807, 2.05) is 0 Å². The van der Waals surface area contributed by atoms with E-state index in [0.29, 0.717) is 0 Å². The Labute approximate surface area is 617 Å². The summed E-state index contributed by atoms with van der Waals surface area (Å²) in [5.74, 6) is 0. The van der Waals surface area contributed by atoms with E-state index >= 15 is 0 Å². The molecule has 2 N–H and O–H groups in total. The number of hydrogen-bond donors (Lipinski definition) is 2. The lowest BCUT2D eigenvalue weighted by molar-refractivity contribution is 0.589. The summed E-state index contributed by atoms with van der Waals surface area (Å²) in [4.78, 5) is 11.5. The molecule has 10 heterocycles. The zero-order valence-corrected chi connectivity index (χ0v) is 63.9. The summed E-state index contributed by atoms with van der Waals surface area (Å²) in [7, 11) is 1.61. The van der Waals surface area contributed by atoms with Crippen molar-refractivity contribution in [3.63, 3.8) is 0 Å². The average Bonchev–Trinajstić information content (AvgIpc) is 0.646. The van der Waals surface area contributed by atoms with Crippen LogP contribution >= 0.6 is 0 Å². The number of benzene rings is 12. The third-order valence-electron chi connectivity index (χ3n) is 26.7. The van der Waals surface area contributed by atoms with Gasteiger partial charge in [0.05, 0.1) is 0 Å². The van der Waals surface area contributed by atoms with Crippen LogP contribution in [-0.2, 0) is 32.5 Å². The van der Waals surface area contributed by atoms with Gasteiger partial charge in [-0.1, -0.05) is 245 Å². The number of rotatable bonds is 0. The van der Waals surface area contributed by atoms with E-state index in [1.165, 1.54) is 222 Å². The predicted octanol–water partition coefficient (Wildman–Crippen LogP) is 12.3. The SMILES string of the molecule is CC(C)(C)c1ccc2c(c1)N1CB3c4ccc(C(C)(C)C)cc4N4c5cc(C(C)(C)C)ccc5B5c6ccccc6Nc6c5c4c3c3c1c(c1c4c5c7c8c9c4c4c(c1c63)Bc1ccc(C(C)(C)C)cc1N4CB9c1ccc(C(C)(C)C)cc1N8c1cc(C(C)(C)C)ccc1B7c1ccccc1N5)B2. The molecule has 504 valence electrons. The summed E-state index contributed by atoms with van der Waals surface area (Å²) in [5, 5.41) is 17.6. The molecule has 12 aromatic carbocycles. The standard InChI is InChI=1S/C92H88B6N6/c1-87(2,3)47-27-33-53-63(39-47)101-45-95-57-35-29-49(89(7,8)9)41-65(57)103-67-43-51(91(13,14)15)31-37-59(67)97-55-23-19-21-25-61(55)99-81-71-70-69(75(93-53)83(101)73(71)77(95)85(103)79(81)97)72-74-78-86-80-82(72)100-62-26-22-20-24-56(62)98(80)60-38-32-52(92(16,17)18)44-68(60)104(86)66-42-50(90(10,11)12)30-36-58(66)96(78)46-102-64-40-48(88(4,5)6)28-34-54(64)94-76(70)84(74)102/h19-44,93-94,99-100H,45-46H2,1-18H3. The molecule has 0 saturated heterocycles. The average molecular weight is 1340 g/mol. The fraction of sp³-hybridized carbons (Fsp3) is 0.283.